The predicted molar refractivity (Wildman–Crippen MR) is 59.2 cm³/mol. The highest BCUT2D eigenvalue weighted by Crippen LogP contribution is 2.06. The number of nitrogens with one attached hydrogen (secondary N) is 1. The molecule has 0 radical (unpaired) electrons. The van der Waals surface area contributed by atoms with Crippen LogP contribution < -0.4 is 5.32 Å². The maximum absolute atomic E-state index is 4.19. The van der Waals surface area contributed by atoms with Crippen LogP contribution in [0.3, 0.4) is 0 Å². The number of aryl methyl sites for hydroxylation is 1. The Kier molecular flexibility index (Phi) is 4.15. The number of rotatable bonds is 5. The average Bonchev–Trinajstić information content (AvgIpc) is 2.48. The molecule has 1 atom stereocenters. The van der Waals surface area contributed by atoms with Crippen molar-refractivity contribution in [2.45, 2.75) is 6.92 Å². The lowest BCUT2D eigenvalue weighted by molar-refractivity contribution is 0.692. The molecule has 13 heavy (non-hydrogen) atoms. The number of anilines is 1. The van der Waals surface area contributed by atoms with Gasteiger partial charge in [-0.1, -0.05) is 6.92 Å². The van der Waals surface area contributed by atoms with Gasteiger partial charge in [0.05, 0.1) is 0 Å². The van der Waals surface area contributed by atoms with Crippen LogP contribution in [0, 0.1) is 5.92 Å². The summed E-state index contributed by atoms with van der Waals surface area (Å²) in [5.41, 5.74) is 0. The van der Waals surface area contributed by atoms with Crippen molar-refractivity contribution in [1.29, 1.82) is 0 Å². The largest absolute Gasteiger partial charge is 0.355 e. The van der Waals surface area contributed by atoms with Crippen molar-refractivity contribution in [3.8, 4) is 0 Å². The molecule has 0 aromatic carbocycles. The number of hydrogen-bond donors (Lipinski definition) is 1. The lowest BCUT2D eigenvalue weighted by Crippen LogP contribution is -2.15. The first kappa shape index (κ1) is 10.4. The molecular formula is C9H17N3S. The van der Waals surface area contributed by atoms with Crippen LogP contribution in [0.25, 0.3) is 0 Å². The van der Waals surface area contributed by atoms with Crippen LogP contribution in [-0.2, 0) is 7.05 Å². The molecule has 0 fully saturated rings. The molecule has 0 aliphatic rings. The van der Waals surface area contributed by atoms with E-state index in [1.54, 1.807) is 0 Å². The van der Waals surface area contributed by atoms with E-state index in [2.05, 4.69) is 23.5 Å². The van der Waals surface area contributed by atoms with Gasteiger partial charge in [0.1, 0.15) is 0 Å². The maximum Gasteiger partial charge on any atom is 0.202 e. The molecule has 0 amide bonds. The second-order valence-electron chi connectivity index (χ2n) is 3.30. The maximum atomic E-state index is 4.19. The van der Waals surface area contributed by atoms with Gasteiger partial charge in [0.15, 0.2) is 0 Å². The summed E-state index contributed by atoms with van der Waals surface area (Å²) in [6.45, 7) is 3.23. The Hall–Kier alpha value is -0.640. The molecule has 0 saturated heterocycles. The van der Waals surface area contributed by atoms with Crippen LogP contribution in [0.5, 0.6) is 0 Å². The van der Waals surface area contributed by atoms with Crippen LogP contribution in [0.1, 0.15) is 6.92 Å². The lowest BCUT2D eigenvalue weighted by Gasteiger charge is -2.11. The minimum absolute atomic E-state index is 0.687. The third-order valence-corrected chi connectivity index (χ3v) is 2.78. The summed E-state index contributed by atoms with van der Waals surface area (Å²) in [4.78, 5) is 4.19. The van der Waals surface area contributed by atoms with Gasteiger partial charge >= 0.3 is 0 Å². The summed E-state index contributed by atoms with van der Waals surface area (Å²) in [5, 5.41) is 3.32. The number of hydrogen-bond acceptors (Lipinski definition) is 3. The van der Waals surface area contributed by atoms with Gasteiger partial charge in [0.25, 0.3) is 0 Å². The van der Waals surface area contributed by atoms with E-state index in [0.717, 1.165) is 12.5 Å². The molecule has 74 valence electrons. The molecule has 3 nitrogen and oxygen atoms in total. The van der Waals surface area contributed by atoms with Crippen molar-refractivity contribution in [3.05, 3.63) is 12.4 Å². The minimum Gasteiger partial charge on any atom is -0.355 e. The standard InChI is InChI=1S/C9H17N3S/c1-8(7-13-3)6-11-9-10-4-5-12(9)2/h4-5,8H,6-7H2,1-3H3,(H,10,11). The van der Waals surface area contributed by atoms with Gasteiger partial charge < -0.3 is 9.88 Å². The number of thioether (sulfide) groups is 1. The normalized spacial score (nSPS) is 12.8. The Morgan fingerprint density at radius 2 is 2.46 bits per heavy atom. The molecule has 1 unspecified atom stereocenters. The molecule has 0 aliphatic heterocycles. The number of aromatic nitrogens is 2. The van der Waals surface area contributed by atoms with Crippen LogP contribution in [-0.4, -0.2) is 28.1 Å². The van der Waals surface area contributed by atoms with E-state index >= 15 is 0 Å². The van der Waals surface area contributed by atoms with Crippen molar-refractivity contribution in [2.24, 2.45) is 13.0 Å². The van der Waals surface area contributed by atoms with E-state index in [-0.39, 0.29) is 0 Å². The van der Waals surface area contributed by atoms with Crippen molar-refractivity contribution < 1.29 is 0 Å². The first-order chi connectivity index (χ1) is 6.24. The zero-order valence-electron chi connectivity index (χ0n) is 8.45. The summed E-state index contributed by atoms with van der Waals surface area (Å²) in [6.07, 6.45) is 5.89. The van der Waals surface area contributed by atoms with Crippen molar-refractivity contribution in [2.75, 3.05) is 23.9 Å². The number of nitrogens with zero attached hydrogens (tertiary/aromatic N) is 2. The van der Waals surface area contributed by atoms with E-state index in [1.807, 2.05) is 35.8 Å². The van der Waals surface area contributed by atoms with E-state index in [4.69, 9.17) is 0 Å². The molecule has 1 aromatic rings. The van der Waals surface area contributed by atoms with Gasteiger partial charge in [-0.15, -0.1) is 0 Å². The summed E-state index contributed by atoms with van der Waals surface area (Å²) in [5.74, 6) is 2.83. The van der Waals surface area contributed by atoms with Crippen LogP contribution in [0.4, 0.5) is 5.95 Å². The summed E-state index contributed by atoms with van der Waals surface area (Å²) < 4.78 is 1.99. The van der Waals surface area contributed by atoms with Gasteiger partial charge in [-0.05, 0) is 17.9 Å². The van der Waals surface area contributed by atoms with Gasteiger partial charge in [0.2, 0.25) is 5.95 Å². The Morgan fingerprint density at radius 3 is 3.00 bits per heavy atom. The van der Waals surface area contributed by atoms with Crippen LogP contribution >= 0.6 is 11.8 Å². The minimum atomic E-state index is 0.687. The van der Waals surface area contributed by atoms with Crippen molar-refractivity contribution in [3.63, 3.8) is 0 Å². The monoisotopic (exact) mass is 199 g/mol. The summed E-state index contributed by atoms with van der Waals surface area (Å²) >= 11 is 1.88. The Labute approximate surface area is 83.9 Å². The second-order valence-corrected chi connectivity index (χ2v) is 4.21. The first-order valence-electron chi connectivity index (χ1n) is 4.44. The number of imidazole rings is 1. The highest BCUT2D eigenvalue weighted by atomic mass is 32.2. The average molecular weight is 199 g/mol. The molecule has 1 heterocycles. The summed E-state index contributed by atoms with van der Waals surface area (Å²) in [7, 11) is 1.99. The molecule has 0 spiro atoms. The first-order valence-corrected chi connectivity index (χ1v) is 5.83. The smallest absolute Gasteiger partial charge is 0.202 e. The highest BCUT2D eigenvalue weighted by Gasteiger charge is 2.02. The van der Waals surface area contributed by atoms with Crippen LogP contribution in [0.2, 0.25) is 0 Å². The van der Waals surface area contributed by atoms with Gasteiger partial charge in [0, 0.05) is 26.0 Å². The van der Waals surface area contributed by atoms with Crippen molar-refractivity contribution in [1.82, 2.24) is 9.55 Å². The van der Waals surface area contributed by atoms with E-state index < -0.39 is 0 Å². The van der Waals surface area contributed by atoms with Crippen molar-refractivity contribution >= 4 is 17.7 Å². The Morgan fingerprint density at radius 1 is 1.69 bits per heavy atom. The fraction of sp³-hybridized carbons (Fsp3) is 0.667. The third-order valence-electron chi connectivity index (χ3n) is 1.88. The predicted octanol–water partition coefficient (Wildman–Crippen LogP) is 1.83. The van der Waals surface area contributed by atoms with E-state index in [1.165, 1.54) is 5.75 Å². The van der Waals surface area contributed by atoms with E-state index in [0.29, 0.717) is 5.92 Å². The topological polar surface area (TPSA) is 29.9 Å². The Bertz CT molecular complexity index is 247. The molecule has 0 bridgehead atoms. The fourth-order valence-corrected chi connectivity index (χ4v) is 1.83. The van der Waals surface area contributed by atoms with E-state index in [9.17, 15) is 0 Å². The molecular weight excluding hydrogens is 182 g/mol. The zero-order valence-corrected chi connectivity index (χ0v) is 9.27. The lowest BCUT2D eigenvalue weighted by atomic mass is 10.2. The second kappa shape index (κ2) is 5.17. The SMILES string of the molecule is CSCC(C)CNc1nccn1C. The summed E-state index contributed by atoms with van der Waals surface area (Å²) in [6, 6.07) is 0. The van der Waals surface area contributed by atoms with Gasteiger partial charge in [-0.2, -0.15) is 11.8 Å². The molecule has 1 N–H and O–H groups in total. The quantitative estimate of drug-likeness (QED) is 0.784. The third kappa shape index (κ3) is 3.30. The van der Waals surface area contributed by atoms with Gasteiger partial charge in [-0.3, -0.25) is 0 Å². The molecule has 1 rings (SSSR count). The Balaban J connectivity index is 2.30. The fourth-order valence-electron chi connectivity index (χ4n) is 1.14. The molecule has 1 aromatic heterocycles. The van der Waals surface area contributed by atoms with Crippen LogP contribution in [0.15, 0.2) is 12.4 Å². The molecule has 0 aliphatic carbocycles. The molecule has 0 saturated carbocycles. The van der Waals surface area contributed by atoms with Gasteiger partial charge in [-0.25, -0.2) is 4.98 Å². The molecule has 4 heteroatoms. The highest BCUT2D eigenvalue weighted by molar-refractivity contribution is 7.98. The zero-order chi connectivity index (χ0) is 9.68.